The highest BCUT2D eigenvalue weighted by atomic mass is 15.2. The number of hydrogen-bond donors (Lipinski definition) is 1. The van der Waals surface area contributed by atoms with Crippen molar-refractivity contribution in [3.8, 4) is 0 Å². The normalized spacial score (nSPS) is 12.4. The van der Waals surface area contributed by atoms with Crippen molar-refractivity contribution >= 4 is 0 Å². The molecule has 98 valence electrons. The van der Waals surface area contributed by atoms with Gasteiger partial charge in [0.25, 0.3) is 0 Å². The van der Waals surface area contributed by atoms with Crippen molar-refractivity contribution in [1.29, 1.82) is 0 Å². The number of aryl methyl sites for hydroxylation is 2. The highest BCUT2D eigenvalue weighted by molar-refractivity contribution is 5.14. The average Bonchev–Trinajstić information content (AvgIpc) is 2.42. The van der Waals surface area contributed by atoms with E-state index in [0.29, 0.717) is 5.41 Å². The first-order valence-electron chi connectivity index (χ1n) is 6.15. The molecule has 0 aromatic carbocycles. The molecule has 0 radical (unpaired) electrons. The molecule has 1 aromatic heterocycles. The molecule has 0 fully saturated rings. The Kier molecular flexibility index (Phi) is 4.71. The van der Waals surface area contributed by atoms with Crippen molar-refractivity contribution in [3.05, 3.63) is 17.5 Å². The molecule has 1 aromatic rings. The van der Waals surface area contributed by atoms with Crippen LogP contribution < -0.4 is 5.32 Å². The lowest BCUT2D eigenvalue weighted by atomic mass is 9.93. The minimum Gasteiger partial charge on any atom is -0.312 e. The van der Waals surface area contributed by atoms with Crippen molar-refractivity contribution in [2.75, 3.05) is 27.2 Å². The highest BCUT2D eigenvalue weighted by Gasteiger charge is 2.18. The van der Waals surface area contributed by atoms with Gasteiger partial charge in [0, 0.05) is 38.4 Å². The lowest BCUT2D eigenvalue weighted by molar-refractivity contribution is 0.232. The van der Waals surface area contributed by atoms with Gasteiger partial charge in [0.2, 0.25) is 0 Å². The molecule has 1 N–H and O–H groups in total. The molecule has 0 saturated heterocycles. The highest BCUT2D eigenvalue weighted by Crippen LogP contribution is 2.14. The maximum atomic E-state index is 4.34. The van der Waals surface area contributed by atoms with Gasteiger partial charge in [-0.2, -0.15) is 5.10 Å². The summed E-state index contributed by atoms with van der Waals surface area (Å²) in [5, 5.41) is 7.86. The van der Waals surface area contributed by atoms with Crippen molar-refractivity contribution in [2.24, 2.45) is 12.5 Å². The van der Waals surface area contributed by atoms with Crippen molar-refractivity contribution in [2.45, 2.75) is 27.3 Å². The lowest BCUT2D eigenvalue weighted by Gasteiger charge is -2.28. The summed E-state index contributed by atoms with van der Waals surface area (Å²) in [7, 11) is 6.20. The van der Waals surface area contributed by atoms with Gasteiger partial charge in [0.15, 0.2) is 0 Å². The van der Waals surface area contributed by atoms with Crippen molar-refractivity contribution < 1.29 is 0 Å². The zero-order valence-electron chi connectivity index (χ0n) is 12.0. The van der Waals surface area contributed by atoms with Crippen molar-refractivity contribution in [1.82, 2.24) is 20.0 Å². The first-order valence-corrected chi connectivity index (χ1v) is 6.15. The minimum atomic E-state index is 0.291. The van der Waals surface area contributed by atoms with Crippen molar-refractivity contribution in [3.63, 3.8) is 0 Å². The van der Waals surface area contributed by atoms with E-state index >= 15 is 0 Å². The monoisotopic (exact) mass is 238 g/mol. The van der Waals surface area contributed by atoms with Crippen LogP contribution in [-0.2, 0) is 13.6 Å². The van der Waals surface area contributed by atoms with Gasteiger partial charge in [-0.15, -0.1) is 0 Å². The molecule has 0 amide bonds. The summed E-state index contributed by atoms with van der Waals surface area (Å²) >= 11 is 0. The largest absolute Gasteiger partial charge is 0.312 e. The molecule has 0 aliphatic carbocycles. The van der Waals surface area contributed by atoms with E-state index in [1.807, 2.05) is 11.7 Å². The second kappa shape index (κ2) is 5.65. The van der Waals surface area contributed by atoms with Gasteiger partial charge in [-0.1, -0.05) is 13.8 Å². The first-order chi connectivity index (χ1) is 7.80. The molecule has 1 heterocycles. The lowest BCUT2D eigenvalue weighted by Crippen LogP contribution is -2.37. The van der Waals surface area contributed by atoms with Crippen LogP contribution in [0.15, 0.2) is 6.20 Å². The summed E-state index contributed by atoms with van der Waals surface area (Å²) in [5.74, 6) is 0. The van der Waals surface area contributed by atoms with Crippen LogP contribution >= 0.6 is 0 Å². The standard InChI is InChI=1S/C13H26N4/c1-11-12(8-17(6)15-11)7-14-9-13(2,3)10-16(4)5/h8,14H,7,9-10H2,1-6H3. The maximum Gasteiger partial charge on any atom is 0.0638 e. The molecular weight excluding hydrogens is 212 g/mol. The third-order valence-electron chi connectivity index (χ3n) is 2.78. The molecule has 4 heteroatoms. The Morgan fingerprint density at radius 1 is 1.41 bits per heavy atom. The average molecular weight is 238 g/mol. The second-order valence-corrected chi connectivity index (χ2v) is 5.92. The molecule has 0 unspecified atom stereocenters. The summed E-state index contributed by atoms with van der Waals surface area (Å²) in [6, 6.07) is 0. The predicted octanol–water partition coefficient (Wildman–Crippen LogP) is 1.41. The number of rotatable bonds is 6. The van der Waals surface area contributed by atoms with Crippen LogP contribution in [0, 0.1) is 12.3 Å². The summed E-state index contributed by atoms with van der Waals surface area (Å²) < 4.78 is 1.87. The zero-order chi connectivity index (χ0) is 13.1. The SMILES string of the molecule is Cc1nn(C)cc1CNCC(C)(C)CN(C)C. The molecule has 1 rings (SSSR count). The molecule has 0 spiro atoms. The zero-order valence-corrected chi connectivity index (χ0v) is 12.0. The molecule has 17 heavy (non-hydrogen) atoms. The fraction of sp³-hybridized carbons (Fsp3) is 0.769. The first kappa shape index (κ1) is 14.2. The van der Waals surface area contributed by atoms with Gasteiger partial charge in [0.05, 0.1) is 5.69 Å². The van der Waals surface area contributed by atoms with E-state index < -0.39 is 0 Å². The number of hydrogen-bond acceptors (Lipinski definition) is 3. The molecule has 0 aliphatic rings. The van der Waals surface area contributed by atoms with E-state index in [4.69, 9.17) is 0 Å². The third kappa shape index (κ3) is 4.88. The van der Waals surface area contributed by atoms with E-state index in [-0.39, 0.29) is 0 Å². The Bertz CT molecular complexity index is 352. The fourth-order valence-corrected chi connectivity index (χ4v) is 2.27. The van der Waals surface area contributed by atoms with Crippen LogP contribution in [0.2, 0.25) is 0 Å². The smallest absolute Gasteiger partial charge is 0.0638 e. The number of aromatic nitrogens is 2. The van der Waals surface area contributed by atoms with Gasteiger partial charge >= 0.3 is 0 Å². The van der Waals surface area contributed by atoms with E-state index in [1.54, 1.807) is 0 Å². The Morgan fingerprint density at radius 3 is 2.53 bits per heavy atom. The minimum absolute atomic E-state index is 0.291. The molecule has 0 aliphatic heterocycles. The van der Waals surface area contributed by atoms with E-state index in [9.17, 15) is 0 Å². The molecule has 4 nitrogen and oxygen atoms in total. The van der Waals surface area contributed by atoms with Gasteiger partial charge in [-0.05, 0) is 26.4 Å². The number of nitrogens with zero attached hydrogens (tertiary/aromatic N) is 3. The van der Waals surface area contributed by atoms with E-state index in [1.165, 1.54) is 5.56 Å². The van der Waals surface area contributed by atoms with Crippen LogP contribution in [0.4, 0.5) is 0 Å². The van der Waals surface area contributed by atoms with Gasteiger partial charge in [-0.3, -0.25) is 4.68 Å². The molecular formula is C13H26N4. The summed E-state index contributed by atoms with van der Waals surface area (Å²) in [4.78, 5) is 2.23. The number of nitrogens with one attached hydrogen (secondary N) is 1. The maximum absolute atomic E-state index is 4.34. The Morgan fingerprint density at radius 2 is 2.06 bits per heavy atom. The van der Waals surface area contributed by atoms with Gasteiger partial charge in [-0.25, -0.2) is 0 Å². The van der Waals surface area contributed by atoms with E-state index in [2.05, 4.69) is 56.4 Å². The summed E-state index contributed by atoms with van der Waals surface area (Å²) in [6.07, 6.45) is 2.08. The fourth-order valence-electron chi connectivity index (χ4n) is 2.27. The van der Waals surface area contributed by atoms with Crippen LogP contribution in [0.1, 0.15) is 25.1 Å². The summed E-state index contributed by atoms with van der Waals surface area (Å²) in [6.45, 7) is 9.64. The van der Waals surface area contributed by atoms with Crippen LogP contribution in [0.25, 0.3) is 0 Å². The predicted molar refractivity (Wildman–Crippen MR) is 72.0 cm³/mol. The topological polar surface area (TPSA) is 33.1 Å². The Hall–Kier alpha value is -0.870. The molecule has 0 atom stereocenters. The Labute approximate surface area is 105 Å². The molecule has 0 saturated carbocycles. The summed E-state index contributed by atoms with van der Waals surface area (Å²) in [5.41, 5.74) is 2.69. The third-order valence-corrected chi connectivity index (χ3v) is 2.78. The van der Waals surface area contributed by atoms with Crippen LogP contribution in [0.3, 0.4) is 0 Å². The van der Waals surface area contributed by atoms with Crippen LogP contribution in [-0.4, -0.2) is 41.9 Å². The quantitative estimate of drug-likeness (QED) is 0.813. The van der Waals surface area contributed by atoms with Gasteiger partial charge < -0.3 is 10.2 Å². The van der Waals surface area contributed by atoms with E-state index in [0.717, 1.165) is 25.3 Å². The second-order valence-electron chi connectivity index (χ2n) is 5.92. The Balaban J connectivity index is 2.39. The van der Waals surface area contributed by atoms with Crippen LogP contribution in [0.5, 0.6) is 0 Å². The molecule has 0 bridgehead atoms. The van der Waals surface area contributed by atoms with Gasteiger partial charge in [0.1, 0.15) is 0 Å².